The lowest BCUT2D eigenvalue weighted by molar-refractivity contribution is 0.527. The van der Waals surface area contributed by atoms with E-state index in [0.717, 1.165) is 0 Å². The molecule has 1 aromatic carbocycles. The lowest BCUT2D eigenvalue weighted by Gasteiger charge is -2.36. The van der Waals surface area contributed by atoms with Crippen LogP contribution in [0.2, 0.25) is 0 Å². The Morgan fingerprint density at radius 2 is 1.40 bits per heavy atom. The molecule has 0 aliphatic heterocycles. The molecule has 1 aromatic rings. The molecule has 0 spiro atoms. The van der Waals surface area contributed by atoms with Gasteiger partial charge in [0, 0.05) is 17.8 Å². The van der Waals surface area contributed by atoms with Crippen molar-refractivity contribution in [2.75, 3.05) is 4.90 Å². The van der Waals surface area contributed by atoms with Crippen LogP contribution in [0.15, 0.2) is 30.3 Å². The largest absolute Gasteiger partial charge is 0.366 e. The summed E-state index contributed by atoms with van der Waals surface area (Å²) in [6, 6.07) is 12.0. The summed E-state index contributed by atoms with van der Waals surface area (Å²) in [5, 5.41) is 0. The highest BCUT2D eigenvalue weighted by molar-refractivity contribution is 5.47. The fraction of sp³-hybridized carbons (Fsp3) is 0.571. The van der Waals surface area contributed by atoms with Gasteiger partial charge in [0.2, 0.25) is 0 Å². The molecule has 0 bridgehead atoms. The smallest absolute Gasteiger partial charge is 0.0371 e. The molecule has 84 valence electrons. The summed E-state index contributed by atoms with van der Waals surface area (Å²) in [5.74, 6) is 0. The number of anilines is 1. The summed E-state index contributed by atoms with van der Waals surface area (Å²) in [5.41, 5.74) is 1.35. The Labute approximate surface area is 94.1 Å². The van der Waals surface area contributed by atoms with Crippen LogP contribution in [0, 0.1) is 0 Å². The second-order valence-corrected chi connectivity index (χ2v) is 4.26. The minimum absolute atomic E-state index is 0.613. The van der Waals surface area contributed by atoms with Gasteiger partial charge in [-0.3, -0.25) is 0 Å². The minimum Gasteiger partial charge on any atom is -0.366 e. The third-order valence-corrected chi connectivity index (χ3v) is 3.19. The molecule has 0 aromatic heterocycles. The highest BCUT2D eigenvalue weighted by atomic mass is 15.2. The number of hydrogen-bond acceptors (Lipinski definition) is 1. The Morgan fingerprint density at radius 3 is 1.80 bits per heavy atom. The van der Waals surface area contributed by atoms with Crippen molar-refractivity contribution < 1.29 is 0 Å². The van der Waals surface area contributed by atoms with Crippen LogP contribution in [0.5, 0.6) is 0 Å². The third kappa shape index (κ3) is 2.98. The number of rotatable bonds is 5. The second kappa shape index (κ2) is 5.79. The Kier molecular flexibility index (Phi) is 4.67. The lowest BCUT2D eigenvalue weighted by Crippen LogP contribution is -2.39. The van der Waals surface area contributed by atoms with E-state index < -0.39 is 0 Å². The molecule has 0 saturated carbocycles. The molecule has 0 heterocycles. The lowest BCUT2D eigenvalue weighted by atomic mass is 10.1. The highest BCUT2D eigenvalue weighted by Crippen LogP contribution is 2.22. The van der Waals surface area contributed by atoms with Crippen molar-refractivity contribution in [3.63, 3.8) is 0 Å². The van der Waals surface area contributed by atoms with Crippen molar-refractivity contribution in [2.45, 2.75) is 52.6 Å². The zero-order valence-electron chi connectivity index (χ0n) is 10.4. The van der Waals surface area contributed by atoms with E-state index in [1.165, 1.54) is 18.5 Å². The van der Waals surface area contributed by atoms with Crippen LogP contribution >= 0.6 is 0 Å². The topological polar surface area (TPSA) is 3.24 Å². The average Bonchev–Trinajstić information content (AvgIpc) is 2.30. The number of nitrogens with zero attached hydrogens (tertiary/aromatic N) is 1. The SMILES string of the molecule is CCC(C)N(c1ccccc1)C(C)CC. The zero-order valence-corrected chi connectivity index (χ0v) is 10.4. The van der Waals surface area contributed by atoms with E-state index in [1.54, 1.807) is 0 Å². The first kappa shape index (κ1) is 12.1. The van der Waals surface area contributed by atoms with Crippen molar-refractivity contribution >= 4 is 5.69 Å². The number of benzene rings is 1. The van der Waals surface area contributed by atoms with Gasteiger partial charge in [-0.05, 0) is 38.8 Å². The molecule has 1 nitrogen and oxygen atoms in total. The molecule has 2 atom stereocenters. The van der Waals surface area contributed by atoms with Crippen LogP contribution in [0.4, 0.5) is 5.69 Å². The van der Waals surface area contributed by atoms with E-state index in [2.05, 4.69) is 62.9 Å². The van der Waals surface area contributed by atoms with Crippen LogP contribution in [-0.2, 0) is 0 Å². The van der Waals surface area contributed by atoms with Gasteiger partial charge in [-0.25, -0.2) is 0 Å². The van der Waals surface area contributed by atoms with Crippen LogP contribution in [0.1, 0.15) is 40.5 Å². The minimum atomic E-state index is 0.613. The quantitative estimate of drug-likeness (QED) is 0.700. The Morgan fingerprint density at radius 1 is 0.933 bits per heavy atom. The van der Waals surface area contributed by atoms with Crippen molar-refractivity contribution in [2.24, 2.45) is 0 Å². The molecule has 1 rings (SSSR count). The number of hydrogen-bond donors (Lipinski definition) is 0. The Balaban J connectivity index is 2.91. The predicted octanol–water partition coefficient (Wildman–Crippen LogP) is 4.09. The molecule has 1 heteroatoms. The van der Waals surface area contributed by atoms with Crippen molar-refractivity contribution in [3.8, 4) is 0 Å². The van der Waals surface area contributed by atoms with Gasteiger partial charge in [-0.15, -0.1) is 0 Å². The average molecular weight is 205 g/mol. The van der Waals surface area contributed by atoms with E-state index in [9.17, 15) is 0 Å². The molecule has 2 unspecified atom stereocenters. The fourth-order valence-corrected chi connectivity index (χ4v) is 1.94. The Hall–Kier alpha value is -0.980. The molecular weight excluding hydrogens is 182 g/mol. The van der Waals surface area contributed by atoms with Gasteiger partial charge in [0.15, 0.2) is 0 Å². The third-order valence-electron chi connectivity index (χ3n) is 3.19. The van der Waals surface area contributed by atoms with Gasteiger partial charge in [-0.2, -0.15) is 0 Å². The maximum Gasteiger partial charge on any atom is 0.0371 e. The maximum atomic E-state index is 2.53. The molecule has 0 amide bonds. The van der Waals surface area contributed by atoms with Gasteiger partial charge in [-0.1, -0.05) is 32.0 Å². The summed E-state index contributed by atoms with van der Waals surface area (Å²) in [4.78, 5) is 2.53. The second-order valence-electron chi connectivity index (χ2n) is 4.26. The molecule has 0 aliphatic carbocycles. The number of para-hydroxylation sites is 1. The molecule has 0 radical (unpaired) electrons. The molecule has 15 heavy (non-hydrogen) atoms. The van der Waals surface area contributed by atoms with Crippen LogP contribution < -0.4 is 4.90 Å². The molecular formula is C14H23N. The molecule has 0 N–H and O–H groups in total. The van der Waals surface area contributed by atoms with E-state index in [-0.39, 0.29) is 0 Å². The van der Waals surface area contributed by atoms with E-state index in [1.807, 2.05) is 0 Å². The predicted molar refractivity (Wildman–Crippen MR) is 68.4 cm³/mol. The highest BCUT2D eigenvalue weighted by Gasteiger charge is 2.17. The van der Waals surface area contributed by atoms with Gasteiger partial charge in [0.05, 0.1) is 0 Å². The van der Waals surface area contributed by atoms with Crippen LogP contribution in [0.3, 0.4) is 0 Å². The first-order valence-electron chi connectivity index (χ1n) is 6.04. The van der Waals surface area contributed by atoms with Crippen LogP contribution in [-0.4, -0.2) is 12.1 Å². The zero-order chi connectivity index (χ0) is 11.3. The van der Waals surface area contributed by atoms with Crippen molar-refractivity contribution in [1.29, 1.82) is 0 Å². The van der Waals surface area contributed by atoms with Crippen LogP contribution in [0.25, 0.3) is 0 Å². The van der Waals surface area contributed by atoms with Gasteiger partial charge in [0.25, 0.3) is 0 Å². The van der Waals surface area contributed by atoms with Gasteiger partial charge >= 0.3 is 0 Å². The van der Waals surface area contributed by atoms with E-state index in [4.69, 9.17) is 0 Å². The summed E-state index contributed by atoms with van der Waals surface area (Å²) in [6.45, 7) is 9.12. The fourth-order valence-electron chi connectivity index (χ4n) is 1.94. The van der Waals surface area contributed by atoms with Gasteiger partial charge < -0.3 is 4.90 Å². The Bertz CT molecular complexity index is 258. The van der Waals surface area contributed by atoms with Crippen molar-refractivity contribution in [3.05, 3.63) is 30.3 Å². The monoisotopic (exact) mass is 205 g/mol. The first-order chi connectivity index (χ1) is 7.20. The summed E-state index contributed by atoms with van der Waals surface area (Å²) in [6.07, 6.45) is 2.39. The summed E-state index contributed by atoms with van der Waals surface area (Å²) in [7, 11) is 0. The molecule has 0 saturated heterocycles. The summed E-state index contributed by atoms with van der Waals surface area (Å²) >= 11 is 0. The summed E-state index contributed by atoms with van der Waals surface area (Å²) < 4.78 is 0. The molecule has 0 fully saturated rings. The van der Waals surface area contributed by atoms with E-state index in [0.29, 0.717) is 12.1 Å². The van der Waals surface area contributed by atoms with Gasteiger partial charge in [0.1, 0.15) is 0 Å². The molecule has 0 aliphatic rings. The standard InChI is InChI=1S/C14H23N/c1-5-12(3)15(13(4)6-2)14-10-8-7-9-11-14/h7-13H,5-6H2,1-4H3. The van der Waals surface area contributed by atoms with Crippen molar-refractivity contribution in [1.82, 2.24) is 0 Å². The first-order valence-corrected chi connectivity index (χ1v) is 6.04. The maximum absolute atomic E-state index is 2.53. The van der Waals surface area contributed by atoms with E-state index >= 15 is 0 Å². The normalized spacial score (nSPS) is 14.7.